The van der Waals surface area contributed by atoms with E-state index < -0.39 is 0 Å². The lowest BCUT2D eigenvalue weighted by atomic mass is 9.87. The molecule has 1 unspecified atom stereocenters. The number of amides is 1. The summed E-state index contributed by atoms with van der Waals surface area (Å²) in [6, 6.07) is 6.72. The quantitative estimate of drug-likeness (QED) is 0.736. The van der Waals surface area contributed by atoms with Crippen molar-refractivity contribution < 1.29 is 4.79 Å². The van der Waals surface area contributed by atoms with Gasteiger partial charge in [0.15, 0.2) is 5.65 Å². The Balaban J connectivity index is 1.48. The van der Waals surface area contributed by atoms with Gasteiger partial charge in [0, 0.05) is 6.07 Å². The van der Waals surface area contributed by atoms with E-state index in [1.165, 1.54) is 23.5 Å². The SMILES string of the molecule is CCC1CC=C(c2ccc(=O)n(CC(=O)Nc3ccc4ncnn4c3)n2)CC1. The highest BCUT2D eigenvalue weighted by molar-refractivity contribution is 5.90. The average molecular weight is 378 g/mol. The molecule has 1 N–H and O–H groups in total. The van der Waals surface area contributed by atoms with Gasteiger partial charge in [-0.3, -0.25) is 9.59 Å². The standard InChI is InChI=1S/C20H22N6O2/c1-2-14-3-5-15(6-4-14)17-8-10-20(28)26(24-17)12-19(27)23-16-7-9-18-21-13-22-25(18)11-16/h5,7-11,13-14H,2-4,6,12H2,1H3,(H,23,27). The maximum Gasteiger partial charge on any atom is 0.267 e. The molecule has 4 rings (SSSR count). The Morgan fingerprint density at radius 1 is 1.29 bits per heavy atom. The largest absolute Gasteiger partial charge is 0.323 e. The zero-order chi connectivity index (χ0) is 19.5. The minimum absolute atomic E-state index is 0.146. The Hall–Kier alpha value is -3.29. The van der Waals surface area contributed by atoms with Crippen LogP contribution in [0.3, 0.4) is 0 Å². The van der Waals surface area contributed by atoms with E-state index in [0.717, 1.165) is 36.4 Å². The third-order valence-electron chi connectivity index (χ3n) is 5.14. The fourth-order valence-electron chi connectivity index (χ4n) is 3.45. The van der Waals surface area contributed by atoms with Gasteiger partial charge in [-0.25, -0.2) is 14.2 Å². The number of carbonyl (C=O) groups excluding carboxylic acids is 1. The molecule has 0 fully saturated rings. The van der Waals surface area contributed by atoms with Gasteiger partial charge in [-0.05, 0) is 49.0 Å². The van der Waals surface area contributed by atoms with Crippen LogP contribution in [0.5, 0.6) is 0 Å². The van der Waals surface area contributed by atoms with Crippen LogP contribution in [0.2, 0.25) is 0 Å². The zero-order valence-corrected chi connectivity index (χ0v) is 15.7. The number of pyridine rings is 1. The van der Waals surface area contributed by atoms with E-state index in [9.17, 15) is 9.59 Å². The summed E-state index contributed by atoms with van der Waals surface area (Å²) in [6.45, 7) is 2.06. The predicted octanol–water partition coefficient (Wildman–Crippen LogP) is 2.52. The molecule has 1 aliphatic carbocycles. The highest BCUT2D eigenvalue weighted by Gasteiger charge is 2.16. The molecule has 0 radical (unpaired) electrons. The molecule has 3 aromatic rings. The van der Waals surface area contributed by atoms with Gasteiger partial charge < -0.3 is 5.32 Å². The van der Waals surface area contributed by atoms with E-state index in [2.05, 4.69) is 33.5 Å². The molecular formula is C20H22N6O2. The number of hydrogen-bond acceptors (Lipinski definition) is 5. The van der Waals surface area contributed by atoms with Gasteiger partial charge in [0.1, 0.15) is 12.9 Å². The second-order valence-electron chi connectivity index (χ2n) is 7.02. The van der Waals surface area contributed by atoms with Gasteiger partial charge >= 0.3 is 0 Å². The van der Waals surface area contributed by atoms with Gasteiger partial charge in [-0.1, -0.05) is 19.4 Å². The topological polar surface area (TPSA) is 94.2 Å². The summed E-state index contributed by atoms with van der Waals surface area (Å²) < 4.78 is 2.78. The molecule has 1 amide bonds. The van der Waals surface area contributed by atoms with E-state index >= 15 is 0 Å². The Labute approximate surface area is 161 Å². The number of rotatable bonds is 5. The molecule has 8 heteroatoms. The van der Waals surface area contributed by atoms with Crippen molar-refractivity contribution in [2.45, 2.75) is 39.2 Å². The van der Waals surface area contributed by atoms with E-state index in [1.54, 1.807) is 28.9 Å². The van der Waals surface area contributed by atoms with Crippen LogP contribution in [0.1, 0.15) is 38.3 Å². The summed E-state index contributed by atoms with van der Waals surface area (Å²) in [7, 11) is 0. The summed E-state index contributed by atoms with van der Waals surface area (Å²) in [6.07, 6.45) is 9.63. The van der Waals surface area contributed by atoms with Gasteiger partial charge in [-0.15, -0.1) is 0 Å². The molecule has 28 heavy (non-hydrogen) atoms. The number of nitrogens with zero attached hydrogens (tertiary/aromatic N) is 5. The smallest absolute Gasteiger partial charge is 0.267 e. The molecular weight excluding hydrogens is 356 g/mol. The van der Waals surface area contributed by atoms with Crippen LogP contribution in [-0.4, -0.2) is 30.3 Å². The Bertz CT molecular complexity index is 1100. The van der Waals surface area contributed by atoms with Crippen molar-refractivity contribution >= 4 is 22.8 Å². The molecule has 0 aliphatic heterocycles. The van der Waals surface area contributed by atoms with Crippen LogP contribution in [0.25, 0.3) is 11.2 Å². The number of allylic oxidation sites excluding steroid dienone is 2. The van der Waals surface area contributed by atoms with Crippen molar-refractivity contribution in [3.8, 4) is 0 Å². The maximum atomic E-state index is 12.4. The first-order chi connectivity index (χ1) is 13.6. The van der Waals surface area contributed by atoms with Gasteiger partial charge in [0.2, 0.25) is 5.91 Å². The first-order valence-electron chi connectivity index (χ1n) is 9.49. The number of carbonyl (C=O) groups is 1. The number of fused-ring (bicyclic) bond motifs is 1. The number of hydrogen-bond donors (Lipinski definition) is 1. The van der Waals surface area contributed by atoms with Gasteiger partial charge in [0.25, 0.3) is 5.56 Å². The van der Waals surface area contributed by atoms with Crippen molar-refractivity contribution in [2.24, 2.45) is 5.92 Å². The third-order valence-corrected chi connectivity index (χ3v) is 5.14. The minimum Gasteiger partial charge on any atom is -0.323 e. The molecule has 0 saturated carbocycles. The van der Waals surface area contributed by atoms with Crippen LogP contribution in [0.15, 0.2) is 47.7 Å². The monoisotopic (exact) mass is 378 g/mol. The van der Waals surface area contributed by atoms with Crippen molar-refractivity contribution in [3.63, 3.8) is 0 Å². The van der Waals surface area contributed by atoms with Gasteiger partial charge in [0.05, 0.1) is 17.6 Å². The third kappa shape index (κ3) is 3.85. The van der Waals surface area contributed by atoms with Crippen LogP contribution < -0.4 is 10.9 Å². The molecule has 144 valence electrons. The first kappa shape index (κ1) is 18.1. The summed E-state index contributed by atoms with van der Waals surface area (Å²) in [5.41, 5.74) is 2.89. The van der Waals surface area contributed by atoms with Crippen LogP contribution in [0.4, 0.5) is 5.69 Å². The van der Waals surface area contributed by atoms with E-state index in [4.69, 9.17) is 0 Å². The first-order valence-corrected chi connectivity index (χ1v) is 9.49. The summed E-state index contributed by atoms with van der Waals surface area (Å²) in [5, 5.41) is 11.2. The van der Waals surface area contributed by atoms with Crippen LogP contribution >= 0.6 is 0 Å². The maximum absolute atomic E-state index is 12.4. The summed E-state index contributed by atoms with van der Waals surface area (Å²) in [4.78, 5) is 28.6. The van der Waals surface area contributed by atoms with Gasteiger partial charge in [-0.2, -0.15) is 10.2 Å². The molecule has 1 aliphatic rings. The molecule has 1 atom stereocenters. The second-order valence-corrected chi connectivity index (χ2v) is 7.02. The summed E-state index contributed by atoms with van der Waals surface area (Å²) in [5.74, 6) is 0.401. The minimum atomic E-state index is -0.324. The highest BCUT2D eigenvalue weighted by atomic mass is 16.2. The number of anilines is 1. The lowest BCUT2D eigenvalue weighted by molar-refractivity contribution is -0.117. The number of aromatic nitrogens is 5. The lowest BCUT2D eigenvalue weighted by Crippen LogP contribution is -2.29. The van der Waals surface area contributed by atoms with Crippen molar-refractivity contribution in [1.29, 1.82) is 0 Å². The predicted molar refractivity (Wildman–Crippen MR) is 106 cm³/mol. The fourth-order valence-corrected chi connectivity index (χ4v) is 3.45. The highest BCUT2D eigenvalue weighted by Crippen LogP contribution is 2.30. The molecule has 0 bridgehead atoms. The molecule has 0 spiro atoms. The van der Waals surface area contributed by atoms with Crippen molar-refractivity contribution in [2.75, 3.05) is 5.32 Å². The molecule has 0 aromatic carbocycles. The lowest BCUT2D eigenvalue weighted by Gasteiger charge is -2.20. The summed E-state index contributed by atoms with van der Waals surface area (Å²) >= 11 is 0. The Morgan fingerprint density at radius 2 is 2.18 bits per heavy atom. The zero-order valence-electron chi connectivity index (χ0n) is 15.7. The Morgan fingerprint density at radius 3 is 2.96 bits per heavy atom. The normalized spacial score (nSPS) is 16.8. The average Bonchev–Trinajstić information content (AvgIpc) is 3.17. The van der Waals surface area contributed by atoms with Crippen LogP contribution in [0, 0.1) is 5.92 Å². The molecule has 8 nitrogen and oxygen atoms in total. The molecule has 3 heterocycles. The van der Waals surface area contributed by atoms with E-state index in [0.29, 0.717) is 11.3 Å². The molecule has 3 aromatic heterocycles. The van der Waals surface area contributed by atoms with Crippen LogP contribution in [-0.2, 0) is 11.3 Å². The van der Waals surface area contributed by atoms with E-state index in [-0.39, 0.29) is 18.0 Å². The van der Waals surface area contributed by atoms with E-state index in [1.807, 2.05) is 0 Å². The molecule has 0 saturated heterocycles. The van der Waals surface area contributed by atoms with Crippen molar-refractivity contribution in [3.05, 3.63) is 58.9 Å². The number of nitrogens with one attached hydrogen (secondary N) is 1. The Kier molecular flexibility index (Phi) is 5.01. The van der Waals surface area contributed by atoms with Crippen molar-refractivity contribution in [1.82, 2.24) is 24.4 Å². The second kappa shape index (κ2) is 7.75. The fraction of sp³-hybridized carbons (Fsp3) is 0.350.